The molecule has 1 aliphatic heterocycles. The summed E-state index contributed by atoms with van der Waals surface area (Å²) in [6.07, 6.45) is 4.00. The van der Waals surface area contributed by atoms with E-state index in [1.807, 2.05) is 18.3 Å². The van der Waals surface area contributed by atoms with Gasteiger partial charge < -0.3 is 15.4 Å². The molecule has 2 N–H and O–H groups in total. The molecule has 2 heterocycles. The summed E-state index contributed by atoms with van der Waals surface area (Å²) >= 11 is 0. The molecular formula is C11H17N3O. The van der Waals surface area contributed by atoms with Gasteiger partial charge in [-0.3, -0.25) is 0 Å². The normalized spacial score (nSPS) is 18.9. The molecule has 0 fully saturated rings. The van der Waals surface area contributed by atoms with Crippen molar-refractivity contribution in [1.82, 2.24) is 4.98 Å². The number of ether oxygens (including phenoxy) is 1. The second kappa shape index (κ2) is 4.98. The molecular weight excluding hydrogens is 190 g/mol. The number of nitrogens with zero attached hydrogens (tertiary/aromatic N) is 1. The highest BCUT2D eigenvalue weighted by atomic mass is 16.5. The van der Waals surface area contributed by atoms with Gasteiger partial charge >= 0.3 is 0 Å². The third-order valence-corrected chi connectivity index (χ3v) is 2.59. The fourth-order valence-corrected chi connectivity index (χ4v) is 1.79. The Kier molecular flexibility index (Phi) is 3.40. The second-order valence-corrected chi connectivity index (χ2v) is 3.76. The van der Waals surface area contributed by atoms with Gasteiger partial charge in [-0.2, -0.15) is 0 Å². The van der Waals surface area contributed by atoms with Crippen LogP contribution in [0.2, 0.25) is 0 Å². The van der Waals surface area contributed by atoms with Crippen LogP contribution in [0.4, 0.5) is 11.5 Å². The van der Waals surface area contributed by atoms with Gasteiger partial charge in [-0.25, -0.2) is 4.98 Å². The lowest BCUT2D eigenvalue weighted by Gasteiger charge is -2.27. The van der Waals surface area contributed by atoms with E-state index in [0.29, 0.717) is 6.04 Å². The molecule has 4 heteroatoms. The van der Waals surface area contributed by atoms with Crippen LogP contribution in [-0.2, 0) is 4.74 Å². The van der Waals surface area contributed by atoms with Gasteiger partial charge in [0.1, 0.15) is 5.82 Å². The van der Waals surface area contributed by atoms with Crippen molar-refractivity contribution in [1.29, 1.82) is 0 Å². The van der Waals surface area contributed by atoms with E-state index < -0.39 is 0 Å². The average molecular weight is 207 g/mol. The van der Waals surface area contributed by atoms with E-state index in [0.717, 1.165) is 37.5 Å². The Hall–Kier alpha value is -1.29. The topological polar surface area (TPSA) is 46.2 Å². The van der Waals surface area contributed by atoms with Crippen LogP contribution in [0.25, 0.3) is 0 Å². The number of fused-ring (bicyclic) bond motifs is 1. The van der Waals surface area contributed by atoms with E-state index in [-0.39, 0.29) is 0 Å². The van der Waals surface area contributed by atoms with E-state index in [2.05, 4.69) is 15.6 Å². The van der Waals surface area contributed by atoms with Gasteiger partial charge in [0, 0.05) is 32.5 Å². The highest BCUT2D eigenvalue weighted by Gasteiger charge is 2.16. The second-order valence-electron chi connectivity index (χ2n) is 3.76. The maximum Gasteiger partial charge on any atom is 0.149 e. The fraction of sp³-hybridized carbons (Fsp3) is 0.545. The van der Waals surface area contributed by atoms with Crippen molar-refractivity contribution in [3.8, 4) is 0 Å². The van der Waals surface area contributed by atoms with E-state index in [1.54, 1.807) is 7.11 Å². The Morgan fingerprint density at radius 3 is 3.40 bits per heavy atom. The Balaban J connectivity index is 1.88. The molecule has 0 saturated carbocycles. The van der Waals surface area contributed by atoms with E-state index in [1.165, 1.54) is 0 Å². The summed E-state index contributed by atoms with van der Waals surface area (Å²) in [6.45, 7) is 1.79. The maximum absolute atomic E-state index is 5.04. The molecule has 1 aromatic rings. The number of anilines is 2. The van der Waals surface area contributed by atoms with Crippen LogP contribution >= 0.6 is 0 Å². The minimum absolute atomic E-state index is 0.461. The van der Waals surface area contributed by atoms with Crippen molar-refractivity contribution >= 4 is 11.5 Å². The van der Waals surface area contributed by atoms with E-state index >= 15 is 0 Å². The largest absolute Gasteiger partial charge is 0.385 e. The van der Waals surface area contributed by atoms with Gasteiger partial charge in [0.05, 0.1) is 5.69 Å². The van der Waals surface area contributed by atoms with Gasteiger partial charge in [-0.15, -0.1) is 0 Å². The number of pyridine rings is 1. The summed E-state index contributed by atoms with van der Waals surface area (Å²) < 4.78 is 5.04. The van der Waals surface area contributed by atoms with Crippen molar-refractivity contribution in [2.45, 2.75) is 18.9 Å². The molecule has 0 bridgehead atoms. The van der Waals surface area contributed by atoms with E-state index in [4.69, 9.17) is 4.74 Å². The van der Waals surface area contributed by atoms with Crippen LogP contribution in [0.15, 0.2) is 18.3 Å². The van der Waals surface area contributed by atoms with Gasteiger partial charge in [0.2, 0.25) is 0 Å². The van der Waals surface area contributed by atoms with Crippen LogP contribution < -0.4 is 10.6 Å². The van der Waals surface area contributed by atoms with Crippen molar-refractivity contribution in [2.75, 3.05) is 30.9 Å². The highest BCUT2D eigenvalue weighted by molar-refractivity contribution is 5.66. The number of rotatable bonds is 4. The molecule has 4 nitrogen and oxygen atoms in total. The Bertz CT molecular complexity index is 316. The smallest absolute Gasteiger partial charge is 0.149 e. The molecule has 2 rings (SSSR count). The number of hydrogen-bond acceptors (Lipinski definition) is 4. The standard InChI is InChI=1S/C11H17N3O/c1-15-7-3-4-9-8-13-10-5-2-6-12-11(10)14-9/h2,5-6,9,13H,3-4,7-8H2,1H3,(H,12,14). The Labute approximate surface area is 90.0 Å². The predicted molar refractivity (Wildman–Crippen MR) is 61.2 cm³/mol. The van der Waals surface area contributed by atoms with Crippen LogP contribution in [0.5, 0.6) is 0 Å². The first-order valence-electron chi connectivity index (χ1n) is 5.34. The summed E-state index contributed by atoms with van der Waals surface area (Å²) in [6, 6.07) is 4.45. The molecule has 0 aromatic carbocycles. The van der Waals surface area contributed by atoms with Gasteiger partial charge in [-0.05, 0) is 25.0 Å². The van der Waals surface area contributed by atoms with Crippen LogP contribution in [-0.4, -0.2) is 31.3 Å². The summed E-state index contributed by atoms with van der Waals surface area (Å²) in [5.41, 5.74) is 1.10. The number of aromatic nitrogens is 1. The van der Waals surface area contributed by atoms with Crippen molar-refractivity contribution in [2.24, 2.45) is 0 Å². The molecule has 0 saturated heterocycles. The number of nitrogens with one attached hydrogen (secondary N) is 2. The van der Waals surface area contributed by atoms with Gasteiger partial charge in [-0.1, -0.05) is 0 Å². The van der Waals surface area contributed by atoms with Crippen molar-refractivity contribution in [3.05, 3.63) is 18.3 Å². The molecule has 82 valence electrons. The van der Waals surface area contributed by atoms with Crippen LogP contribution in [0.1, 0.15) is 12.8 Å². The predicted octanol–water partition coefficient (Wildman–Crippen LogP) is 1.71. The summed E-state index contributed by atoms with van der Waals surface area (Å²) in [5, 5.41) is 6.80. The zero-order valence-corrected chi connectivity index (χ0v) is 8.99. The molecule has 0 amide bonds. The molecule has 15 heavy (non-hydrogen) atoms. The maximum atomic E-state index is 5.04. The Morgan fingerprint density at radius 2 is 2.53 bits per heavy atom. The summed E-state index contributed by atoms with van der Waals surface area (Å²) in [4.78, 5) is 4.29. The lowest BCUT2D eigenvalue weighted by atomic mass is 10.1. The Morgan fingerprint density at radius 1 is 1.60 bits per heavy atom. The molecule has 1 aliphatic rings. The van der Waals surface area contributed by atoms with Crippen LogP contribution in [0.3, 0.4) is 0 Å². The first-order chi connectivity index (χ1) is 7.40. The van der Waals surface area contributed by atoms with Crippen molar-refractivity contribution < 1.29 is 4.74 Å². The van der Waals surface area contributed by atoms with Gasteiger partial charge in [0.25, 0.3) is 0 Å². The minimum Gasteiger partial charge on any atom is -0.385 e. The fourth-order valence-electron chi connectivity index (χ4n) is 1.79. The molecule has 0 aliphatic carbocycles. The molecule has 1 unspecified atom stereocenters. The third-order valence-electron chi connectivity index (χ3n) is 2.59. The molecule has 1 aromatic heterocycles. The quantitative estimate of drug-likeness (QED) is 0.738. The molecule has 0 spiro atoms. The summed E-state index contributed by atoms with van der Waals surface area (Å²) in [7, 11) is 1.74. The number of methoxy groups -OCH3 is 1. The SMILES string of the molecule is COCCCC1CNc2cccnc2N1. The lowest BCUT2D eigenvalue weighted by Crippen LogP contribution is -2.33. The molecule has 0 radical (unpaired) electrons. The van der Waals surface area contributed by atoms with Crippen LogP contribution in [0, 0.1) is 0 Å². The van der Waals surface area contributed by atoms with Gasteiger partial charge in [0.15, 0.2) is 0 Å². The first kappa shape index (κ1) is 10.2. The third kappa shape index (κ3) is 2.59. The first-order valence-corrected chi connectivity index (χ1v) is 5.34. The van der Waals surface area contributed by atoms with Crippen molar-refractivity contribution in [3.63, 3.8) is 0 Å². The monoisotopic (exact) mass is 207 g/mol. The summed E-state index contributed by atoms with van der Waals surface area (Å²) in [5.74, 6) is 0.964. The lowest BCUT2D eigenvalue weighted by molar-refractivity contribution is 0.191. The van der Waals surface area contributed by atoms with E-state index in [9.17, 15) is 0 Å². The number of hydrogen-bond donors (Lipinski definition) is 2. The highest BCUT2D eigenvalue weighted by Crippen LogP contribution is 2.23. The zero-order chi connectivity index (χ0) is 10.5. The molecule has 1 atom stereocenters. The minimum atomic E-state index is 0.461. The average Bonchev–Trinajstić information content (AvgIpc) is 2.29. The zero-order valence-electron chi connectivity index (χ0n) is 8.99.